The molecule has 5 atom stereocenters. The topological polar surface area (TPSA) is 230 Å². The number of hydrogen-bond donors (Lipinski definition) is 5. The van der Waals surface area contributed by atoms with E-state index in [1.54, 1.807) is 0 Å². The Labute approximate surface area is 172 Å². The Balaban J connectivity index is 2.08. The molecule has 1 aromatic heterocycles. The summed E-state index contributed by atoms with van der Waals surface area (Å²) in [6.07, 6.45) is -1.81. The Kier molecular flexibility index (Phi) is 7.37. The average molecular weight is 518 g/mol. The molecule has 0 spiro atoms. The molecule has 0 aromatic carbocycles. The Morgan fingerprint density at radius 2 is 1.93 bits per heavy atom. The molecule has 2 rings (SSSR count). The van der Waals surface area contributed by atoms with Gasteiger partial charge in [0.1, 0.15) is 0 Å². The molecule has 5 unspecified atom stereocenters. The summed E-state index contributed by atoms with van der Waals surface area (Å²) in [4.78, 5) is 49.4. The van der Waals surface area contributed by atoms with Crippen LogP contribution in [0.15, 0.2) is 11.0 Å². The van der Waals surface area contributed by atoms with E-state index in [0.717, 1.165) is 0 Å². The molecule has 1 fully saturated rings. The third kappa shape index (κ3) is 6.89. The lowest BCUT2D eigenvalue weighted by Gasteiger charge is -2.24. The van der Waals surface area contributed by atoms with Gasteiger partial charge in [-0.1, -0.05) is 0 Å². The molecule has 0 saturated carbocycles. The van der Waals surface area contributed by atoms with Gasteiger partial charge in [-0.25, -0.2) is 22.9 Å². The first kappa shape index (κ1) is 25.5. The van der Waals surface area contributed by atoms with Crippen LogP contribution in [0.1, 0.15) is 19.6 Å². The van der Waals surface area contributed by atoms with Crippen molar-refractivity contribution in [2.45, 2.75) is 30.6 Å². The second-order valence-corrected chi connectivity index (χ2v) is 11.4. The van der Waals surface area contributed by atoms with Gasteiger partial charge in [-0.05, 0) is 13.3 Å². The number of phosphoric ester groups is 1. The van der Waals surface area contributed by atoms with E-state index >= 15 is 0 Å². The first-order chi connectivity index (χ1) is 13.4. The number of ether oxygens (including phenoxy) is 1. The summed E-state index contributed by atoms with van der Waals surface area (Å²) in [5.41, 5.74) is 4.21. The summed E-state index contributed by atoms with van der Waals surface area (Å²) in [5, 5.41) is 0. The van der Waals surface area contributed by atoms with Crippen LogP contribution in [0.25, 0.3) is 0 Å². The van der Waals surface area contributed by atoms with E-state index in [2.05, 4.69) is 18.1 Å². The minimum Gasteiger partial charge on any atom is -0.381 e. The summed E-state index contributed by atoms with van der Waals surface area (Å²) in [6, 6.07) is 0. The molecule has 0 bridgehead atoms. The third-order valence-electron chi connectivity index (χ3n) is 3.49. The summed E-state index contributed by atoms with van der Waals surface area (Å²) in [6.45, 7) is 0.618. The van der Waals surface area contributed by atoms with Gasteiger partial charge in [0.2, 0.25) is 0 Å². The van der Waals surface area contributed by atoms with Crippen LogP contribution in [0.3, 0.4) is 0 Å². The van der Waals surface area contributed by atoms with Gasteiger partial charge in [-0.2, -0.15) is 13.6 Å². The second-order valence-electron chi connectivity index (χ2n) is 6.14. The van der Waals surface area contributed by atoms with Crippen LogP contribution in [0, 0.1) is 5.82 Å². The van der Waals surface area contributed by atoms with Crippen molar-refractivity contribution in [2.24, 2.45) is 0 Å². The number of nitrogens with two attached hydrogens (primary N) is 1. The van der Waals surface area contributed by atoms with Crippen molar-refractivity contribution in [3.8, 4) is 0 Å². The van der Waals surface area contributed by atoms with Crippen LogP contribution in [0.5, 0.6) is 0 Å². The van der Waals surface area contributed by atoms with Gasteiger partial charge in [-0.15, -0.1) is 11.6 Å². The molecule has 1 aliphatic rings. The van der Waals surface area contributed by atoms with Crippen LogP contribution >= 0.6 is 35.1 Å². The van der Waals surface area contributed by atoms with E-state index < -0.39 is 64.6 Å². The standard InChI is InChI=1S/C10H16ClFN3O12P3/c1-10(11)2-5(25-8(10)15-3-6(12)7(13)14-9(15)16)4-24-29(20,21)27-30(22,23)26-28(17,18)19/h3,5,8H,2,4H2,1H3,(H,20,21)(H,22,23)(H2,13,14,16)(H2,17,18,19). The molecule has 1 aromatic rings. The van der Waals surface area contributed by atoms with E-state index in [0.29, 0.717) is 10.8 Å². The highest BCUT2D eigenvalue weighted by atomic mass is 35.5. The predicted molar refractivity (Wildman–Crippen MR) is 95.5 cm³/mol. The van der Waals surface area contributed by atoms with Crippen LogP contribution in [-0.2, 0) is 31.6 Å². The van der Waals surface area contributed by atoms with Gasteiger partial charge < -0.3 is 30.0 Å². The molecular formula is C10H16ClFN3O12P3. The lowest BCUT2D eigenvalue weighted by atomic mass is 10.1. The fraction of sp³-hybridized carbons (Fsp3) is 0.600. The van der Waals surface area contributed by atoms with Crippen molar-refractivity contribution < 1.29 is 55.5 Å². The molecule has 1 saturated heterocycles. The number of phosphoric acid groups is 3. The zero-order chi connectivity index (χ0) is 23.1. The van der Waals surface area contributed by atoms with Gasteiger partial charge in [0.15, 0.2) is 17.9 Å². The predicted octanol–water partition coefficient (Wildman–Crippen LogP) is 0.593. The Morgan fingerprint density at radius 3 is 2.50 bits per heavy atom. The fourth-order valence-electron chi connectivity index (χ4n) is 2.48. The molecule has 172 valence electrons. The molecule has 0 amide bonds. The average Bonchev–Trinajstić information content (AvgIpc) is 2.80. The van der Waals surface area contributed by atoms with Gasteiger partial charge in [0.05, 0.1) is 23.8 Å². The SMILES string of the molecule is CC1(Cl)CC(COP(=O)(O)OP(=O)(O)OP(=O)(O)O)OC1n1cc(F)c(N)nc1=O. The van der Waals surface area contributed by atoms with Gasteiger partial charge in [0, 0.05) is 0 Å². The van der Waals surface area contributed by atoms with E-state index in [1.165, 1.54) is 6.92 Å². The maximum atomic E-state index is 13.7. The number of rotatable bonds is 8. The van der Waals surface area contributed by atoms with Crippen molar-refractivity contribution in [2.75, 3.05) is 12.3 Å². The van der Waals surface area contributed by atoms with Gasteiger partial charge >= 0.3 is 29.2 Å². The number of nitrogen functional groups attached to an aromatic ring is 1. The van der Waals surface area contributed by atoms with Crippen LogP contribution < -0.4 is 11.4 Å². The molecule has 30 heavy (non-hydrogen) atoms. The normalized spacial score (nSPS) is 28.8. The monoisotopic (exact) mass is 517 g/mol. The molecule has 0 aliphatic carbocycles. The molecule has 20 heteroatoms. The highest BCUT2D eigenvalue weighted by molar-refractivity contribution is 7.66. The van der Waals surface area contributed by atoms with E-state index in [1.807, 2.05) is 0 Å². The molecule has 15 nitrogen and oxygen atoms in total. The molecular weight excluding hydrogens is 501 g/mol. The van der Waals surface area contributed by atoms with Crippen molar-refractivity contribution in [3.63, 3.8) is 0 Å². The first-order valence-corrected chi connectivity index (χ1v) is 12.5. The molecule has 1 aliphatic heterocycles. The lowest BCUT2D eigenvalue weighted by Crippen LogP contribution is -2.35. The number of aromatic nitrogens is 2. The van der Waals surface area contributed by atoms with Gasteiger partial charge in [-0.3, -0.25) is 9.09 Å². The van der Waals surface area contributed by atoms with Crippen molar-refractivity contribution in [1.29, 1.82) is 0 Å². The van der Waals surface area contributed by atoms with Crippen LogP contribution in [0.2, 0.25) is 0 Å². The van der Waals surface area contributed by atoms with Crippen LogP contribution in [0.4, 0.5) is 10.2 Å². The minimum atomic E-state index is -5.67. The Morgan fingerprint density at radius 1 is 1.33 bits per heavy atom. The maximum absolute atomic E-state index is 13.7. The van der Waals surface area contributed by atoms with Crippen molar-refractivity contribution in [3.05, 3.63) is 22.5 Å². The van der Waals surface area contributed by atoms with Crippen molar-refractivity contribution >= 4 is 40.9 Å². The number of hydrogen-bond acceptors (Lipinski definition) is 10. The lowest BCUT2D eigenvalue weighted by molar-refractivity contribution is -0.0304. The summed E-state index contributed by atoms with van der Waals surface area (Å²) in [5.74, 6) is -1.67. The quantitative estimate of drug-likeness (QED) is 0.235. The zero-order valence-electron chi connectivity index (χ0n) is 14.8. The van der Waals surface area contributed by atoms with Crippen LogP contribution in [-0.4, -0.2) is 46.7 Å². The van der Waals surface area contributed by atoms with E-state index in [9.17, 15) is 27.8 Å². The molecule has 2 heterocycles. The summed E-state index contributed by atoms with van der Waals surface area (Å²) in [7, 11) is -16.6. The number of halogens is 2. The number of alkyl halides is 1. The fourth-order valence-corrected chi connectivity index (χ4v) is 5.86. The highest BCUT2D eigenvalue weighted by Gasteiger charge is 2.47. The van der Waals surface area contributed by atoms with E-state index in [4.69, 9.17) is 36.8 Å². The Hall–Kier alpha value is -0.730. The first-order valence-electron chi connectivity index (χ1n) is 7.58. The molecule has 6 N–H and O–H groups in total. The summed E-state index contributed by atoms with van der Waals surface area (Å²) < 4.78 is 65.0. The van der Waals surface area contributed by atoms with Crippen molar-refractivity contribution in [1.82, 2.24) is 9.55 Å². The molecule has 0 radical (unpaired) electrons. The Bertz CT molecular complexity index is 1010. The summed E-state index contributed by atoms with van der Waals surface area (Å²) >= 11 is 6.28. The number of anilines is 1. The second kappa shape index (κ2) is 8.66. The van der Waals surface area contributed by atoms with E-state index in [-0.39, 0.29) is 6.42 Å². The maximum Gasteiger partial charge on any atom is 0.490 e. The number of nitrogens with zero attached hydrogens (tertiary/aromatic N) is 2. The minimum absolute atomic E-state index is 0.118. The highest BCUT2D eigenvalue weighted by Crippen LogP contribution is 2.66. The zero-order valence-corrected chi connectivity index (χ0v) is 18.2. The van der Waals surface area contributed by atoms with Gasteiger partial charge in [0.25, 0.3) is 0 Å². The largest absolute Gasteiger partial charge is 0.490 e. The third-order valence-corrected chi connectivity index (χ3v) is 7.63. The smallest absolute Gasteiger partial charge is 0.381 e.